The van der Waals surface area contributed by atoms with Gasteiger partial charge in [-0.2, -0.15) is 0 Å². The molecule has 0 unspecified atom stereocenters. The minimum absolute atomic E-state index is 0.596. The Labute approximate surface area is 100 Å². The van der Waals surface area contributed by atoms with Crippen LogP contribution in [0.1, 0.15) is 40.0 Å². The van der Waals surface area contributed by atoms with E-state index in [9.17, 15) is 0 Å². The highest BCUT2D eigenvalue weighted by Gasteiger charge is 2.29. The topological polar surface area (TPSA) is 3.24 Å². The molecular weight excluding hydrogens is 214 g/mol. The van der Waals surface area contributed by atoms with Crippen LogP contribution in [0, 0.1) is 0 Å². The number of rotatable bonds is 8. The van der Waals surface area contributed by atoms with E-state index in [1.165, 1.54) is 37.9 Å². The zero-order valence-electron chi connectivity index (χ0n) is 11.8. The van der Waals surface area contributed by atoms with E-state index >= 15 is 0 Å². The van der Waals surface area contributed by atoms with Gasteiger partial charge in [0.15, 0.2) is 0 Å². The second kappa shape index (κ2) is 7.63. The van der Waals surface area contributed by atoms with Crippen LogP contribution in [0.25, 0.3) is 0 Å². The predicted molar refractivity (Wildman–Crippen MR) is 77.7 cm³/mol. The third-order valence-electron chi connectivity index (χ3n) is 3.01. The molecule has 0 fully saturated rings. The van der Waals surface area contributed by atoms with Gasteiger partial charge in [-0.05, 0) is 25.1 Å². The lowest BCUT2D eigenvalue weighted by molar-refractivity contribution is 0.600. The standard InChI is InChI=1S/C12H31NSi2/c1-7-10-13(15(4,5)6)14(11-8-2)12-9-3/h14H,7-12H2,1-6H3. The van der Waals surface area contributed by atoms with E-state index < -0.39 is 17.2 Å². The molecule has 0 bridgehead atoms. The Morgan fingerprint density at radius 1 is 0.867 bits per heavy atom. The molecule has 0 amide bonds. The minimum atomic E-state index is -1.05. The summed E-state index contributed by atoms with van der Waals surface area (Å²) in [6.45, 7) is 16.0. The molecule has 0 aliphatic rings. The van der Waals surface area contributed by atoms with Crippen molar-refractivity contribution in [2.24, 2.45) is 0 Å². The monoisotopic (exact) mass is 245 g/mol. The Balaban J connectivity index is 4.51. The summed E-state index contributed by atoms with van der Waals surface area (Å²) in [6.07, 6.45) is 4.12. The third-order valence-corrected chi connectivity index (χ3v) is 12.0. The number of hydrogen-bond donors (Lipinski definition) is 0. The minimum Gasteiger partial charge on any atom is -0.348 e. The van der Waals surface area contributed by atoms with Gasteiger partial charge >= 0.3 is 0 Å². The van der Waals surface area contributed by atoms with Crippen LogP contribution in [-0.4, -0.2) is 28.0 Å². The molecule has 0 radical (unpaired) electrons. The summed E-state index contributed by atoms with van der Waals surface area (Å²) in [5.41, 5.74) is 0. The molecule has 3 heteroatoms. The van der Waals surface area contributed by atoms with Crippen LogP contribution < -0.4 is 0 Å². The van der Waals surface area contributed by atoms with Crippen molar-refractivity contribution in [2.75, 3.05) is 6.54 Å². The van der Waals surface area contributed by atoms with Crippen LogP contribution in [0.3, 0.4) is 0 Å². The maximum absolute atomic E-state index is 2.99. The first-order chi connectivity index (χ1) is 6.97. The van der Waals surface area contributed by atoms with Crippen molar-refractivity contribution >= 4 is 17.2 Å². The van der Waals surface area contributed by atoms with Gasteiger partial charge in [0.05, 0.1) is 0 Å². The first kappa shape index (κ1) is 15.4. The molecule has 0 N–H and O–H groups in total. The molecule has 0 aromatic carbocycles. The van der Waals surface area contributed by atoms with E-state index in [1.807, 2.05) is 0 Å². The van der Waals surface area contributed by atoms with Gasteiger partial charge < -0.3 is 4.23 Å². The van der Waals surface area contributed by atoms with Crippen molar-refractivity contribution in [3.63, 3.8) is 0 Å². The second-order valence-electron chi connectivity index (χ2n) is 5.60. The summed E-state index contributed by atoms with van der Waals surface area (Å²) in [4.78, 5) is 0. The fourth-order valence-corrected chi connectivity index (χ4v) is 11.3. The summed E-state index contributed by atoms with van der Waals surface area (Å²) in [7, 11) is -1.65. The predicted octanol–water partition coefficient (Wildman–Crippen LogP) is 4.08. The van der Waals surface area contributed by atoms with Gasteiger partial charge in [0.1, 0.15) is 17.2 Å². The molecule has 1 nitrogen and oxygen atoms in total. The smallest absolute Gasteiger partial charge is 0.112 e. The van der Waals surface area contributed by atoms with E-state index in [4.69, 9.17) is 0 Å². The molecule has 0 atom stereocenters. The molecule has 0 aromatic heterocycles. The van der Waals surface area contributed by atoms with Gasteiger partial charge in [-0.1, -0.05) is 53.3 Å². The van der Waals surface area contributed by atoms with E-state index in [0.29, 0.717) is 0 Å². The molecular formula is C12H31NSi2. The molecule has 0 spiro atoms. The molecule has 0 rings (SSSR count). The van der Waals surface area contributed by atoms with Gasteiger partial charge in [-0.3, -0.25) is 0 Å². The van der Waals surface area contributed by atoms with E-state index in [0.717, 1.165) is 0 Å². The molecule has 0 heterocycles. The van der Waals surface area contributed by atoms with Crippen molar-refractivity contribution < 1.29 is 0 Å². The molecule has 15 heavy (non-hydrogen) atoms. The number of hydrogen-bond acceptors (Lipinski definition) is 1. The largest absolute Gasteiger partial charge is 0.348 e. The summed E-state index contributed by atoms with van der Waals surface area (Å²) in [6, 6.07) is 3.05. The quantitative estimate of drug-likeness (QED) is 0.583. The van der Waals surface area contributed by atoms with Gasteiger partial charge in [0, 0.05) is 0 Å². The summed E-state index contributed by atoms with van der Waals surface area (Å²) >= 11 is 0. The zero-order valence-corrected chi connectivity index (χ0v) is 13.9. The first-order valence-electron chi connectivity index (χ1n) is 6.74. The third kappa shape index (κ3) is 5.88. The molecule has 0 saturated heterocycles. The lowest BCUT2D eigenvalue weighted by Gasteiger charge is -2.40. The summed E-state index contributed by atoms with van der Waals surface area (Å²) in [5.74, 6) is 0. The van der Waals surface area contributed by atoms with E-state index in [-0.39, 0.29) is 0 Å². The SMILES string of the molecule is CCCN([SiH](CCC)CCC)[Si](C)(C)C. The molecule has 0 aromatic rings. The van der Waals surface area contributed by atoms with Crippen molar-refractivity contribution in [3.05, 3.63) is 0 Å². The van der Waals surface area contributed by atoms with E-state index in [2.05, 4.69) is 44.6 Å². The van der Waals surface area contributed by atoms with Gasteiger partial charge in [-0.15, -0.1) is 0 Å². The van der Waals surface area contributed by atoms with Crippen LogP contribution in [0.15, 0.2) is 0 Å². The van der Waals surface area contributed by atoms with Gasteiger partial charge in [-0.25, -0.2) is 0 Å². The zero-order chi connectivity index (χ0) is 11.9. The average molecular weight is 246 g/mol. The fraction of sp³-hybridized carbons (Fsp3) is 1.00. The maximum Gasteiger partial charge on any atom is 0.112 e. The number of nitrogens with zero attached hydrogens (tertiary/aromatic N) is 1. The van der Waals surface area contributed by atoms with Gasteiger partial charge in [0.2, 0.25) is 0 Å². The summed E-state index contributed by atoms with van der Waals surface area (Å²) in [5, 5.41) is 0. The molecule has 0 aliphatic carbocycles. The Bertz CT molecular complexity index is 148. The second-order valence-corrected chi connectivity index (χ2v) is 14.1. The Hall–Kier alpha value is 0.394. The lowest BCUT2D eigenvalue weighted by Crippen LogP contribution is -2.54. The van der Waals surface area contributed by atoms with Crippen LogP contribution in [-0.2, 0) is 0 Å². The highest BCUT2D eigenvalue weighted by molar-refractivity contribution is 6.83. The van der Waals surface area contributed by atoms with E-state index in [1.54, 1.807) is 0 Å². The van der Waals surface area contributed by atoms with Crippen molar-refractivity contribution in [2.45, 2.75) is 71.8 Å². The van der Waals surface area contributed by atoms with Crippen LogP contribution in [0.2, 0.25) is 31.7 Å². The van der Waals surface area contributed by atoms with Crippen molar-refractivity contribution in [1.82, 2.24) is 4.23 Å². The molecule has 0 aliphatic heterocycles. The van der Waals surface area contributed by atoms with Crippen LogP contribution in [0.5, 0.6) is 0 Å². The van der Waals surface area contributed by atoms with Crippen LogP contribution in [0.4, 0.5) is 0 Å². The van der Waals surface area contributed by atoms with Crippen molar-refractivity contribution in [3.8, 4) is 0 Å². The highest BCUT2D eigenvalue weighted by Crippen LogP contribution is 2.19. The highest BCUT2D eigenvalue weighted by atomic mass is 28.4. The fourth-order valence-electron chi connectivity index (χ4n) is 2.43. The van der Waals surface area contributed by atoms with Gasteiger partial charge in [0.25, 0.3) is 0 Å². The maximum atomic E-state index is 2.99. The first-order valence-corrected chi connectivity index (χ1v) is 12.3. The molecule has 0 saturated carbocycles. The Kier molecular flexibility index (Phi) is 7.83. The van der Waals surface area contributed by atoms with Crippen molar-refractivity contribution in [1.29, 1.82) is 0 Å². The lowest BCUT2D eigenvalue weighted by atomic mass is 10.5. The Morgan fingerprint density at radius 3 is 1.60 bits per heavy atom. The molecule has 92 valence electrons. The summed E-state index contributed by atoms with van der Waals surface area (Å²) < 4.78 is 2.99. The Morgan fingerprint density at radius 2 is 1.33 bits per heavy atom. The normalized spacial score (nSPS) is 12.8. The van der Waals surface area contributed by atoms with Crippen LogP contribution >= 0.6 is 0 Å². The average Bonchev–Trinajstić information content (AvgIpc) is 2.12.